The number of morpholine rings is 1. The molecule has 0 N–H and O–H groups in total. The first-order chi connectivity index (χ1) is 14.7. The van der Waals surface area contributed by atoms with Crippen LogP contribution in [0.2, 0.25) is 0 Å². The van der Waals surface area contributed by atoms with Gasteiger partial charge in [-0.1, -0.05) is 30.3 Å². The smallest absolute Gasteiger partial charge is 0.244 e. The van der Waals surface area contributed by atoms with Crippen molar-refractivity contribution >= 4 is 11.8 Å². The summed E-state index contributed by atoms with van der Waals surface area (Å²) in [6.45, 7) is 8.09. The molecule has 0 spiro atoms. The standard InChI is InChI=1S/C23H34N4O3/c28-21(25-15-17-30-18-16-25)19-24-11-13-26(14-12-24)22(20-7-3-1-4-8-20)23(29)27-9-5-2-6-10-27/h1,3-4,7-8,22H,2,5-6,9-19H2. The van der Waals surface area contributed by atoms with Crippen LogP contribution in [-0.4, -0.2) is 104 Å². The van der Waals surface area contributed by atoms with Gasteiger partial charge in [0.15, 0.2) is 0 Å². The Kier molecular flexibility index (Phi) is 7.36. The SMILES string of the molecule is O=C(CN1CCN(C(C(=O)N2CCCCC2)c2ccccc2)CC1)N1CCOCC1. The molecular weight excluding hydrogens is 380 g/mol. The van der Waals surface area contributed by atoms with E-state index in [1.54, 1.807) is 0 Å². The number of hydrogen-bond acceptors (Lipinski definition) is 5. The summed E-state index contributed by atoms with van der Waals surface area (Å²) < 4.78 is 5.34. The number of piperazine rings is 1. The molecule has 7 heteroatoms. The third-order valence-corrected chi connectivity index (χ3v) is 6.51. The molecule has 1 atom stereocenters. The lowest BCUT2D eigenvalue weighted by molar-refractivity contribution is -0.141. The van der Waals surface area contributed by atoms with Crippen molar-refractivity contribution in [3.05, 3.63) is 35.9 Å². The van der Waals surface area contributed by atoms with Gasteiger partial charge in [0, 0.05) is 52.4 Å². The topological polar surface area (TPSA) is 56.3 Å². The second-order valence-corrected chi connectivity index (χ2v) is 8.50. The van der Waals surface area contributed by atoms with Gasteiger partial charge in [-0.3, -0.25) is 19.4 Å². The van der Waals surface area contributed by atoms with Crippen molar-refractivity contribution in [3.63, 3.8) is 0 Å². The molecular formula is C23H34N4O3. The van der Waals surface area contributed by atoms with Gasteiger partial charge in [0.2, 0.25) is 11.8 Å². The highest BCUT2D eigenvalue weighted by Gasteiger charge is 2.34. The Morgan fingerprint density at radius 2 is 1.47 bits per heavy atom. The maximum atomic E-state index is 13.5. The lowest BCUT2D eigenvalue weighted by Gasteiger charge is -2.41. The molecule has 3 saturated heterocycles. The van der Waals surface area contributed by atoms with Gasteiger partial charge < -0.3 is 14.5 Å². The molecule has 0 saturated carbocycles. The van der Waals surface area contributed by atoms with Crippen LogP contribution in [0.4, 0.5) is 0 Å². The van der Waals surface area contributed by atoms with E-state index in [2.05, 4.69) is 26.8 Å². The molecule has 30 heavy (non-hydrogen) atoms. The van der Waals surface area contributed by atoms with Crippen LogP contribution >= 0.6 is 0 Å². The van der Waals surface area contributed by atoms with Gasteiger partial charge in [-0.2, -0.15) is 0 Å². The van der Waals surface area contributed by atoms with Crippen LogP contribution in [0.3, 0.4) is 0 Å². The van der Waals surface area contributed by atoms with E-state index in [0.717, 1.165) is 57.7 Å². The number of hydrogen-bond donors (Lipinski definition) is 0. The molecule has 164 valence electrons. The number of piperidine rings is 1. The normalized spacial score (nSPS) is 22.7. The summed E-state index contributed by atoms with van der Waals surface area (Å²) >= 11 is 0. The molecule has 2 amide bonds. The van der Waals surface area contributed by atoms with E-state index < -0.39 is 0 Å². The van der Waals surface area contributed by atoms with Crippen molar-refractivity contribution in [1.82, 2.24) is 19.6 Å². The van der Waals surface area contributed by atoms with E-state index in [-0.39, 0.29) is 17.9 Å². The Morgan fingerprint density at radius 1 is 0.800 bits per heavy atom. The largest absolute Gasteiger partial charge is 0.378 e. The number of carbonyl (C=O) groups excluding carboxylic acids is 2. The van der Waals surface area contributed by atoms with Crippen LogP contribution < -0.4 is 0 Å². The molecule has 4 rings (SSSR count). The highest BCUT2D eigenvalue weighted by molar-refractivity contribution is 5.83. The molecule has 0 aliphatic carbocycles. The van der Waals surface area contributed by atoms with Crippen molar-refractivity contribution in [1.29, 1.82) is 0 Å². The van der Waals surface area contributed by atoms with Crippen molar-refractivity contribution in [2.75, 3.05) is 72.1 Å². The zero-order valence-electron chi connectivity index (χ0n) is 17.9. The molecule has 0 aromatic heterocycles. The summed E-state index contributed by atoms with van der Waals surface area (Å²) in [6, 6.07) is 9.95. The number of rotatable bonds is 5. The van der Waals surface area contributed by atoms with Crippen LogP contribution in [-0.2, 0) is 14.3 Å². The van der Waals surface area contributed by atoms with Crippen molar-refractivity contribution in [2.45, 2.75) is 25.3 Å². The second kappa shape index (κ2) is 10.4. The molecule has 3 heterocycles. The fourth-order valence-electron chi connectivity index (χ4n) is 4.72. The Bertz CT molecular complexity index is 694. The van der Waals surface area contributed by atoms with Crippen molar-refractivity contribution < 1.29 is 14.3 Å². The molecule has 1 unspecified atom stereocenters. The summed E-state index contributed by atoms with van der Waals surface area (Å²) in [6.07, 6.45) is 3.42. The van der Waals surface area contributed by atoms with Gasteiger partial charge in [0.1, 0.15) is 6.04 Å². The van der Waals surface area contributed by atoms with Crippen LogP contribution in [0, 0.1) is 0 Å². The van der Waals surface area contributed by atoms with Crippen LogP contribution in [0.1, 0.15) is 30.9 Å². The average Bonchev–Trinajstić information content (AvgIpc) is 2.82. The Hall–Kier alpha value is -1.96. The van der Waals surface area contributed by atoms with E-state index in [4.69, 9.17) is 4.74 Å². The average molecular weight is 415 g/mol. The summed E-state index contributed by atoms with van der Waals surface area (Å²) in [5, 5.41) is 0. The fraction of sp³-hybridized carbons (Fsp3) is 0.652. The third kappa shape index (κ3) is 5.20. The first kappa shape index (κ1) is 21.3. The number of carbonyl (C=O) groups is 2. The number of benzene rings is 1. The summed E-state index contributed by atoms with van der Waals surface area (Å²) in [7, 11) is 0. The van der Waals surface area contributed by atoms with E-state index >= 15 is 0 Å². The molecule has 0 radical (unpaired) electrons. The molecule has 1 aromatic rings. The van der Waals surface area contributed by atoms with Gasteiger partial charge in [-0.05, 0) is 24.8 Å². The summed E-state index contributed by atoms with van der Waals surface area (Å²) in [4.78, 5) is 34.5. The highest BCUT2D eigenvalue weighted by Crippen LogP contribution is 2.26. The van der Waals surface area contributed by atoms with Gasteiger partial charge in [0.05, 0.1) is 19.8 Å². The predicted molar refractivity (Wildman–Crippen MR) is 115 cm³/mol. The number of amides is 2. The highest BCUT2D eigenvalue weighted by atomic mass is 16.5. The van der Waals surface area contributed by atoms with Gasteiger partial charge in [-0.15, -0.1) is 0 Å². The Labute approximate surface area is 179 Å². The quantitative estimate of drug-likeness (QED) is 0.725. The van der Waals surface area contributed by atoms with Gasteiger partial charge >= 0.3 is 0 Å². The summed E-state index contributed by atoms with van der Waals surface area (Å²) in [5.41, 5.74) is 1.07. The zero-order chi connectivity index (χ0) is 20.8. The van der Waals surface area contributed by atoms with Crippen molar-refractivity contribution in [3.8, 4) is 0 Å². The third-order valence-electron chi connectivity index (χ3n) is 6.51. The Morgan fingerprint density at radius 3 is 2.13 bits per heavy atom. The van der Waals surface area contributed by atoms with Crippen LogP contribution in [0.15, 0.2) is 30.3 Å². The zero-order valence-corrected chi connectivity index (χ0v) is 17.9. The fourth-order valence-corrected chi connectivity index (χ4v) is 4.72. The van der Waals surface area contributed by atoms with Crippen LogP contribution in [0.25, 0.3) is 0 Å². The number of likely N-dealkylation sites (tertiary alicyclic amines) is 1. The molecule has 3 aliphatic heterocycles. The molecule has 1 aromatic carbocycles. The molecule has 0 bridgehead atoms. The van der Waals surface area contributed by atoms with E-state index in [1.807, 2.05) is 23.1 Å². The van der Waals surface area contributed by atoms with E-state index in [1.165, 1.54) is 6.42 Å². The molecule has 7 nitrogen and oxygen atoms in total. The number of nitrogens with zero attached hydrogens (tertiary/aromatic N) is 4. The van der Waals surface area contributed by atoms with E-state index in [0.29, 0.717) is 32.8 Å². The monoisotopic (exact) mass is 414 g/mol. The minimum atomic E-state index is -0.221. The first-order valence-electron chi connectivity index (χ1n) is 11.4. The van der Waals surface area contributed by atoms with Gasteiger partial charge in [-0.25, -0.2) is 0 Å². The predicted octanol–water partition coefficient (Wildman–Crippen LogP) is 1.22. The minimum absolute atomic E-state index is 0.191. The molecule has 3 fully saturated rings. The second-order valence-electron chi connectivity index (χ2n) is 8.50. The lowest BCUT2D eigenvalue weighted by Crippen LogP contribution is -2.54. The van der Waals surface area contributed by atoms with E-state index in [9.17, 15) is 9.59 Å². The Balaban J connectivity index is 1.38. The summed E-state index contributed by atoms with van der Waals surface area (Å²) in [5.74, 6) is 0.425. The lowest BCUT2D eigenvalue weighted by atomic mass is 10.0. The van der Waals surface area contributed by atoms with Crippen molar-refractivity contribution in [2.24, 2.45) is 0 Å². The number of ether oxygens (including phenoxy) is 1. The maximum Gasteiger partial charge on any atom is 0.244 e. The van der Waals surface area contributed by atoms with Crippen LogP contribution in [0.5, 0.6) is 0 Å². The molecule has 3 aliphatic rings. The maximum absolute atomic E-state index is 13.5. The van der Waals surface area contributed by atoms with Gasteiger partial charge in [0.25, 0.3) is 0 Å². The first-order valence-corrected chi connectivity index (χ1v) is 11.4. The minimum Gasteiger partial charge on any atom is -0.378 e.